The van der Waals surface area contributed by atoms with Crippen molar-refractivity contribution in [2.24, 2.45) is 17.8 Å². The average molecular weight is 769 g/mol. The van der Waals surface area contributed by atoms with Gasteiger partial charge < -0.3 is 42.1 Å². The van der Waals surface area contributed by atoms with E-state index in [4.69, 9.17) is 0 Å². The zero-order valence-corrected chi connectivity index (χ0v) is 32.7. The van der Waals surface area contributed by atoms with Crippen LogP contribution in [0.3, 0.4) is 0 Å². The molecule has 0 bridgehead atoms. The number of carboxylic acids is 2. The Morgan fingerprint density at radius 3 is 1.58 bits per heavy atom. The van der Waals surface area contributed by atoms with Gasteiger partial charge in [-0.1, -0.05) is 97.7 Å². The maximum atomic E-state index is 14.2. The number of rotatable bonds is 21. The Bertz CT molecular complexity index is 1710. The number of amides is 6. The topological polar surface area (TPSA) is 249 Å². The van der Waals surface area contributed by atoms with E-state index >= 15 is 0 Å². The molecule has 8 N–H and O–H groups in total. The van der Waals surface area contributed by atoms with E-state index in [1.165, 1.54) is 13.8 Å². The predicted molar refractivity (Wildman–Crippen MR) is 204 cm³/mol. The van der Waals surface area contributed by atoms with Gasteiger partial charge >= 0.3 is 11.9 Å². The maximum absolute atomic E-state index is 14.2. The molecule has 55 heavy (non-hydrogen) atoms. The summed E-state index contributed by atoms with van der Waals surface area (Å²) in [4.78, 5) is 104. The molecule has 8 atom stereocenters. The summed E-state index contributed by atoms with van der Waals surface area (Å²) in [5.74, 6) is -8.43. The third kappa shape index (κ3) is 13.4. The second kappa shape index (κ2) is 21.4. The van der Waals surface area contributed by atoms with E-state index in [0.717, 1.165) is 5.39 Å². The lowest BCUT2D eigenvalue weighted by Crippen LogP contribution is -2.60. The average Bonchev–Trinajstić information content (AvgIpc) is 3.13. The summed E-state index contributed by atoms with van der Waals surface area (Å²) >= 11 is 0. The van der Waals surface area contributed by atoms with Crippen LogP contribution in [-0.4, -0.2) is 87.8 Å². The summed E-state index contributed by atoms with van der Waals surface area (Å²) in [6.07, 6.45) is 0.0795. The summed E-state index contributed by atoms with van der Waals surface area (Å²) in [6.45, 7) is 13.4. The Morgan fingerprint density at radius 2 is 1.07 bits per heavy atom. The Labute approximate surface area is 321 Å². The van der Waals surface area contributed by atoms with Gasteiger partial charge in [0, 0.05) is 6.92 Å². The quantitative estimate of drug-likeness (QED) is 0.0919. The van der Waals surface area contributed by atoms with E-state index in [-0.39, 0.29) is 17.9 Å². The zero-order valence-electron chi connectivity index (χ0n) is 32.7. The van der Waals surface area contributed by atoms with Crippen LogP contribution >= 0.6 is 0 Å². The smallest absolute Gasteiger partial charge is 0.326 e. The Kier molecular flexibility index (Phi) is 17.7. The second-order valence-corrected chi connectivity index (χ2v) is 14.2. The minimum Gasteiger partial charge on any atom is -0.481 e. The number of nitrogens with one attached hydrogen (secondary N) is 6. The molecule has 0 saturated heterocycles. The first-order chi connectivity index (χ1) is 25.8. The SMILES string of the molecule is CCC(NC(=O)[C@H](CC(=O)O)NC(=O)[C@@H](NC(=O)[C@@H](NC(=O)[C@@H](NC(=O)[C@@H](NC(C)=O)[C@@H](C)CC)C(C)C)[C@@H](C)CC)c1ccc2ccccc2c1)C(=O)O. The third-order valence-corrected chi connectivity index (χ3v) is 9.58. The van der Waals surface area contributed by atoms with Crippen LogP contribution in [0.15, 0.2) is 42.5 Å². The van der Waals surface area contributed by atoms with Crippen molar-refractivity contribution in [1.29, 1.82) is 0 Å². The molecular formula is C39H56N6O10. The lowest BCUT2D eigenvalue weighted by molar-refractivity contribution is -0.143. The molecule has 2 rings (SSSR count). The number of fused-ring (bicyclic) bond motifs is 1. The highest BCUT2D eigenvalue weighted by molar-refractivity contribution is 5.98. The van der Waals surface area contributed by atoms with Crippen molar-refractivity contribution in [2.75, 3.05) is 0 Å². The van der Waals surface area contributed by atoms with Crippen molar-refractivity contribution in [3.05, 3.63) is 48.0 Å². The van der Waals surface area contributed by atoms with E-state index in [0.29, 0.717) is 18.2 Å². The van der Waals surface area contributed by atoms with Crippen LogP contribution in [-0.2, 0) is 38.4 Å². The molecule has 0 aromatic heterocycles. The van der Waals surface area contributed by atoms with Gasteiger partial charge in [-0.2, -0.15) is 0 Å². The molecule has 0 fully saturated rings. The first-order valence-corrected chi connectivity index (χ1v) is 18.6. The van der Waals surface area contributed by atoms with E-state index in [9.17, 15) is 48.6 Å². The zero-order chi connectivity index (χ0) is 41.6. The fourth-order valence-electron chi connectivity index (χ4n) is 5.81. The summed E-state index contributed by atoms with van der Waals surface area (Å²) < 4.78 is 0. The molecule has 0 aliphatic heterocycles. The normalized spacial score (nSPS) is 15.5. The fourth-order valence-corrected chi connectivity index (χ4v) is 5.81. The van der Waals surface area contributed by atoms with E-state index in [1.807, 2.05) is 19.1 Å². The van der Waals surface area contributed by atoms with Gasteiger partial charge in [-0.25, -0.2) is 4.79 Å². The Balaban J connectivity index is 2.51. The molecule has 0 aliphatic rings. The lowest BCUT2D eigenvalue weighted by Gasteiger charge is -2.31. The van der Waals surface area contributed by atoms with Crippen molar-refractivity contribution >= 4 is 58.2 Å². The predicted octanol–water partition coefficient (Wildman–Crippen LogP) is 2.16. The number of carbonyl (C=O) groups is 8. The van der Waals surface area contributed by atoms with E-state index in [1.54, 1.807) is 65.0 Å². The van der Waals surface area contributed by atoms with Gasteiger partial charge in [-0.3, -0.25) is 33.6 Å². The summed E-state index contributed by atoms with van der Waals surface area (Å²) in [5.41, 5.74) is 0.270. The molecule has 302 valence electrons. The van der Waals surface area contributed by atoms with Crippen LogP contribution in [0.5, 0.6) is 0 Å². The largest absolute Gasteiger partial charge is 0.481 e. The molecule has 0 saturated carbocycles. The van der Waals surface area contributed by atoms with Gasteiger partial charge in [0.15, 0.2) is 0 Å². The molecular weight excluding hydrogens is 712 g/mol. The summed E-state index contributed by atoms with van der Waals surface area (Å²) in [6, 6.07) is 4.35. The van der Waals surface area contributed by atoms with Crippen LogP contribution < -0.4 is 31.9 Å². The molecule has 0 radical (unpaired) electrons. The van der Waals surface area contributed by atoms with Crippen LogP contribution in [0.4, 0.5) is 0 Å². The number of hydrogen-bond acceptors (Lipinski definition) is 8. The van der Waals surface area contributed by atoms with Gasteiger partial charge in [0.25, 0.3) is 0 Å². The molecule has 2 aromatic rings. The van der Waals surface area contributed by atoms with Gasteiger partial charge in [-0.05, 0) is 46.6 Å². The molecule has 1 unspecified atom stereocenters. The van der Waals surface area contributed by atoms with E-state index < -0.39 is 102 Å². The Morgan fingerprint density at radius 1 is 0.564 bits per heavy atom. The number of carboxylic acid groups (broad SMARTS) is 2. The van der Waals surface area contributed by atoms with Gasteiger partial charge in [-0.15, -0.1) is 0 Å². The van der Waals surface area contributed by atoms with Crippen molar-refractivity contribution in [1.82, 2.24) is 31.9 Å². The maximum Gasteiger partial charge on any atom is 0.326 e. The van der Waals surface area contributed by atoms with Crippen molar-refractivity contribution < 1.29 is 48.6 Å². The first kappa shape index (κ1) is 45.6. The van der Waals surface area contributed by atoms with Crippen molar-refractivity contribution in [2.45, 2.75) is 117 Å². The third-order valence-electron chi connectivity index (χ3n) is 9.58. The first-order valence-electron chi connectivity index (χ1n) is 18.6. The lowest BCUT2D eigenvalue weighted by atomic mass is 9.94. The highest BCUT2D eigenvalue weighted by atomic mass is 16.4. The standard InChI is InChI=1S/C39H56N6O10/c1-9-21(6)31(40-23(8)46)36(51)43-30(20(4)5)35(50)44-32(22(7)10-2)37(52)45-33(26-17-16-24-14-12-13-15-25(24)18-26)38(53)42-28(19-29(47)48)34(49)41-27(11-3)39(54)55/h12-18,20-22,27-28,30-33H,9-11,19H2,1-8H3,(H,40,46)(H,41,49)(H,42,53)(H,43,51)(H,44,50)(H,45,52)(H,47,48)(H,54,55)/t21-,22-,27?,28-,30-,31-,32-,33-/m0/s1. The van der Waals surface area contributed by atoms with Gasteiger partial charge in [0.05, 0.1) is 6.42 Å². The molecule has 2 aromatic carbocycles. The Hall–Kier alpha value is -5.54. The van der Waals surface area contributed by atoms with Gasteiger partial charge in [0.1, 0.15) is 36.3 Å². The molecule has 16 nitrogen and oxygen atoms in total. The van der Waals surface area contributed by atoms with E-state index in [2.05, 4.69) is 31.9 Å². The number of carbonyl (C=O) groups excluding carboxylic acids is 6. The van der Waals surface area contributed by atoms with Gasteiger partial charge in [0.2, 0.25) is 35.4 Å². The summed E-state index contributed by atoms with van der Waals surface area (Å²) in [7, 11) is 0. The number of benzene rings is 2. The second-order valence-electron chi connectivity index (χ2n) is 14.2. The minimum atomic E-state index is -1.71. The van der Waals surface area contributed by atoms with Crippen LogP contribution in [0.25, 0.3) is 10.8 Å². The van der Waals surface area contributed by atoms with Crippen molar-refractivity contribution in [3.8, 4) is 0 Å². The number of aliphatic carboxylic acids is 2. The summed E-state index contributed by atoms with van der Waals surface area (Å²) in [5, 5.41) is 35.9. The van der Waals surface area contributed by atoms with Crippen LogP contribution in [0, 0.1) is 17.8 Å². The van der Waals surface area contributed by atoms with Crippen LogP contribution in [0.2, 0.25) is 0 Å². The fraction of sp³-hybridized carbons (Fsp3) is 0.538. The highest BCUT2D eigenvalue weighted by Gasteiger charge is 2.37. The molecule has 16 heteroatoms. The molecule has 0 heterocycles. The molecule has 0 spiro atoms. The molecule has 6 amide bonds. The molecule has 0 aliphatic carbocycles. The van der Waals surface area contributed by atoms with Crippen LogP contribution in [0.1, 0.15) is 92.7 Å². The number of hydrogen-bond donors (Lipinski definition) is 8. The minimum absolute atomic E-state index is 0.0115. The monoisotopic (exact) mass is 768 g/mol. The highest BCUT2D eigenvalue weighted by Crippen LogP contribution is 2.22. The van der Waals surface area contributed by atoms with Crippen molar-refractivity contribution in [3.63, 3.8) is 0 Å².